The third-order valence-corrected chi connectivity index (χ3v) is 4.75. The number of rotatable bonds is 2. The van der Waals surface area contributed by atoms with E-state index in [9.17, 15) is 4.79 Å². The van der Waals surface area contributed by atoms with Crippen LogP contribution in [0.3, 0.4) is 0 Å². The second-order valence-electron chi connectivity index (χ2n) is 6.16. The molecule has 108 valence electrons. The molecule has 2 aliphatic rings. The average molecular weight is 273 g/mol. The topological polar surface area (TPSA) is 29.5 Å². The normalized spacial score (nSPS) is 34.4. The van der Waals surface area contributed by atoms with Crippen molar-refractivity contribution in [3.8, 4) is 0 Å². The van der Waals surface area contributed by atoms with Crippen LogP contribution in [-0.4, -0.2) is 29.6 Å². The zero-order valence-electron chi connectivity index (χ0n) is 12.3. The monoisotopic (exact) mass is 273 g/mol. The Kier molecular flexibility index (Phi) is 3.79. The first kappa shape index (κ1) is 13.6. The number of esters is 1. The lowest BCUT2D eigenvalue weighted by molar-refractivity contribution is -0.171. The summed E-state index contributed by atoms with van der Waals surface area (Å²) in [6.45, 7) is 4.96. The number of carbonyl (C=O) groups excluding carboxylic acids is 1. The summed E-state index contributed by atoms with van der Waals surface area (Å²) in [5.74, 6) is 0.574. The van der Waals surface area contributed by atoms with Gasteiger partial charge in [-0.2, -0.15) is 0 Å². The van der Waals surface area contributed by atoms with E-state index in [4.69, 9.17) is 4.74 Å². The Morgan fingerprint density at radius 3 is 2.65 bits per heavy atom. The van der Waals surface area contributed by atoms with Crippen LogP contribution in [-0.2, 0) is 9.53 Å². The molecule has 0 spiro atoms. The predicted octanol–water partition coefficient (Wildman–Crippen LogP) is 3.16. The summed E-state index contributed by atoms with van der Waals surface area (Å²) in [5.41, 5.74) is 1.26. The molecule has 0 N–H and O–H groups in total. The lowest BCUT2D eigenvalue weighted by atomic mass is 9.83. The van der Waals surface area contributed by atoms with Gasteiger partial charge in [-0.05, 0) is 30.7 Å². The number of cyclic esters (lactones) is 1. The van der Waals surface area contributed by atoms with Gasteiger partial charge in [0.25, 0.3) is 0 Å². The molecule has 2 heterocycles. The Balaban J connectivity index is 1.93. The molecule has 2 saturated heterocycles. The van der Waals surface area contributed by atoms with Gasteiger partial charge >= 0.3 is 5.97 Å². The summed E-state index contributed by atoms with van der Waals surface area (Å²) < 4.78 is 5.47. The van der Waals surface area contributed by atoms with E-state index < -0.39 is 0 Å². The highest BCUT2D eigenvalue weighted by Crippen LogP contribution is 2.39. The molecule has 3 rings (SSSR count). The van der Waals surface area contributed by atoms with E-state index in [0.717, 1.165) is 12.8 Å². The zero-order chi connectivity index (χ0) is 14.1. The van der Waals surface area contributed by atoms with E-state index in [0.29, 0.717) is 18.6 Å². The molecule has 2 fully saturated rings. The SMILES string of the molecule is CC[C@@H]1C[C@H](C)C[C@H]2C(=O)OC[C@H](c3ccccc3)N12. The minimum atomic E-state index is -0.0531. The van der Waals surface area contributed by atoms with Crippen molar-refractivity contribution in [1.29, 1.82) is 0 Å². The second-order valence-corrected chi connectivity index (χ2v) is 6.16. The molecule has 20 heavy (non-hydrogen) atoms. The van der Waals surface area contributed by atoms with Crippen molar-refractivity contribution in [1.82, 2.24) is 4.90 Å². The van der Waals surface area contributed by atoms with E-state index in [1.165, 1.54) is 12.0 Å². The first-order chi connectivity index (χ1) is 9.70. The summed E-state index contributed by atoms with van der Waals surface area (Å²) in [6, 6.07) is 11.1. The fraction of sp³-hybridized carbons (Fsp3) is 0.588. The van der Waals surface area contributed by atoms with Crippen molar-refractivity contribution in [3.05, 3.63) is 35.9 Å². The van der Waals surface area contributed by atoms with Crippen molar-refractivity contribution in [2.45, 2.75) is 51.2 Å². The third kappa shape index (κ3) is 2.35. The maximum absolute atomic E-state index is 12.1. The van der Waals surface area contributed by atoms with Gasteiger partial charge in [-0.1, -0.05) is 44.2 Å². The van der Waals surface area contributed by atoms with Crippen LogP contribution in [0.25, 0.3) is 0 Å². The molecule has 1 aromatic carbocycles. The minimum Gasteiger partial charge on any atom is -0.462 e. The molecule has 0 aliphatic carbocycles. The standard InChI is InChI=1S/C17H23NO2/c1-3-14-9-12(2)10-15-17(19)20-11-16(18(14)15)13-7-5-4-6-8-13/h4-8,12,14-16H,3,9-11H2,1-2H3/t12-,14+,15-,16+/m0/s1. The number of morpholine rings is 1. The van der Waals surface area contributed by atoms with E-state index >= 15 is 0 Å². The van der Waals surface area contributed by atoms with Crippen molar-refractivity contribution in [2.24, 2.45) is 5.92 Å². The molecule has 0 unspecified atom stereocenters. The fourth-order valence-electron chi connectivity index (χ4n) is 3.79. The van der Waals surface area contributed by atoms with Crippen LogP contribution < -0.4 is 0 Å². The summed E-state index contributed by atoms with van der Waals surface area (Å²) in [4.78, 5) is 14.6. The van der Waals surface area contributed by atoms with Gasteiger partial charge in [-0.3, -0.25) is 9.69 Å². The number of piperidine rings is 1. The smallest absolute Gasteiger partial charge is 0.323 e. The van der Waals surface area contributed by atoms with Gasteiger partial charge < -0.3 is 4.74 Å². The molecular formula is C17H23NO2. The highest BCUT2D eigenvalue weighted by atomic mass is 16.5. The minimum absolute atomic E-state index is 0.0258. The highest BCUT2D eigenvalue weighted by Gasteiger charge is 2.45. The van der Waals surface area contributed by atoms with Crippen LogP contribution in [0.2, 0.25) is 0 Å². The van der Waals surface area contributed by atoms with Gasteiger partial charge in [-0.25, -0.2) is 0 Å². The van der Waals surface area contributed by atoms with E-state index in [2.05, 4.69) is 43.0 Å². The zero-order valence-corrected chi connectivity index (χ0v) is 12.3. The molecular weight excluding hydrogens is 250 g/mol. The Bertz CT molecular complexity index is 473. The van der Waals surface area contributed by atoms with Crippen LogP contribution in [0, 0.1) is 5.92 Å². The van der Waals surface area contributed by atoms with Crippen LogP contribution >= 0.6 is 0 Å². The van der Waals surface area contributed by atoms with E-state index in [1.807, 2.05) is 6.07 Å². The Hall–Kier alpha value is -1.35. The van der Waals surface area contributed by atoms with Crippen molar-refractivity contribution >= 4 is 5.97 Å². The van der Waals surface area contributed by atoms with E-state index in [1.54, 1.807) is 0 Å². The molecule has 3 heteroatoms. The van der Waals surface area contributed by atoms with Crippen molar-refractivity contribution in [2.75, 3.05) is 6.61 Å². The van der Waals surface area contributed by atoms with Gasteiger partial charge in [0.2, 0.25) is 0 Å². The number of benzene rings is 1. The predicted molar refractivity (Wildman–Crippen MR) is 78.2 cm³/mol. The number of nitrogens with zero attached hydrogens (tertiary/aromatic N) is 1. The Morgan fingerprint density at radius 1 is 1.20 bits per heavy atom. The number of ether oxygens (including phenoxy) is 1. The maximum atomic E-state index is 12.1. The molecule has 4 atom stereocenters. The van der Waals surface area contributed by atoms with Crippen LogP contribution in [0.5, 0.6) is 0 Å². The molecule has 2 aliphatic heterocycles. The van der Waals surface area contributed by atoms with Gasteiger partial charge in [0.15, 0.2) is 0 Å². The molecule has 0 radical (unpaired) electrons. The third-order valence-electron chi connectivity index (χ3n) is 4.75. The fourth-order valence-corrected chi connectivity index (χ4v) is 3.79. The van der Waals surface area contributed by atoms with E-state index in [-0.39, 0.29) is 18.1 Å². The first-order valence-electron chi connectivity index (χ1n) is 7.69. The summed E-state index contributed by atoms with van der Waals surface area (Å²) >= 11 is 0. The lowest BCUT2D eigenvalue weighted by Crippen LogP contribution is -2.58. The number of carbonyl (C=O) groups is 1. The molecule has 1 aromatic rings. The molecule has 0 aromatic heterocycles. The Labute approximate surface area is 120 Å². The van der Waals surface area contributed by atoms with Gasteiger partial charge in [-0.15, -0.1) is 0 Å². The number of hydrogen-bond acceptors (Lipinski definition) is 3. The largest absolute Gasteiger partial charge is 0.462 e. The summed E-state index contributed by atoms with van der Waals surface area (Å²) in [6.07, 6.45) is 3.21. The molecule has 0 bridgehead atoms. The quantitative estimate of drug-likeness (QED) is 0.775. The van der Waals surface area contributed by atoms with Crippen LogP contribution in [0.15, 0.2) is 30.3 Å². The second kappa shape index (κ2) is 5.57. The molecule has 0 saturated carbocycles. The van der Waals surface area contributed by atoms with Crippen molar-refractivity contribution < 1.29 is 9.53 Å². The lowest BCUT2D eigenvalue weighted by Gasteiger charge is -2.49. The summed E-state index contributed by atoms with van der Waals surface area (Å²) in [7, 11) is 0. The maximum Gasteiger partial charge on any atom is 0.323 e. The van der Waals surface area contributed by atoms with Crippen LogP contribution in [0.1, 0.15) is 44.7 Å². The van der Waals surface area contributed by atoms with Gasteiger partial charge in [0.1, 0.15) is 12.6 Å². The van der Waals surface area contributed by atoms with Crippen LogP contribution in [0.4, 0.5) is 0 Å². The Morgan fingerprint density at radius 2 is 1.95 bits per heavy atom. The summed E-state index contributed by atoms with van der Waals surface area (Å²) in [5, 5.41) is 0. The number of fused-ring (bicyclic) bond motifs is 1. The average Bonchev–Trinajstić information content (AvgIpc) is 2.48. The number of hydrogen-bond donors (Lipinski definition) is 0. The van der Waals surface area contributed by atoms with Gasteiger partial charge in [0.05, 0.1) is 6.04 Å². The highest BCUT2D eigenvalue weighted by molar-refractivity contribution is 5.77. The first-order valence-corrected chi connectivity index (χ1v) is 7.69. The van der Waals surface area contributed by atoms with Gasteiger partial charge in [0, 0.05) is 6.04 Å². The van der Waals surface area contributed by atoms with Crippen molar-refractivity contribution in [3.63, 3.8) is 0 Å². The molecule has 0 amide bonds. The molecule has 3 nitrogen and oxygen atoms in total.